The van der Waals surface area contributed by atoms with Gasteiger partial charge in [-0.2, -0.15) is 0 Å². The van der Waals surface area contributed by atoms with Crippen molar-refractivity contribution in [3.8, 4) is 5.75 Å². The number of benzene rings is 1. The summed E-state index contributed by atoms with van der Waals surface area (Å²) in [6.07, 6.45) is 3.10. The van der Waals surface area contributed by atoms with Crippen LogP contribution >= 0.6 is 27.5 Å². The molecule has 0 atom stereocenters. The monoisotopic (exact) mass is 298 g/mol. The van der Waals surface area contributed by atoms with Gasteiger partial charge >= 0.3 is 0 Å². The SMILES string of the molecule is Clc1cnc(COc2cccc(Br)c2)cn1. The molecule has 0 saturated carbocycles. The molecule has 0 aliphatic heterocycles. The predicted octanol–water partition coefficient (Wildman–Crippen LogP) is 3.47. The Morgan fingerprint density at radius 3 is 2.81 bits per heavy atom. The van der Waals surface area contributed by atoms with E-state index in [1.807, 2.05) is 24.3 Å². The summed E-state index contributed by atoms with van der Waals surface area (Å²) >= 11 is 9.00. The summed E-state index contributed by atoms with van der Waals surface area (Å²) < 4.78 is 6.52. The first-order valence-electron chi connectivity index (χ1n) is 4.59. The number of hydrogen-bond donors (Lipinski definition) is 0. The van der Waals surface area contributed by atoms with Gasteiger partial charge in [0.25, 0.3) is 0 Å². The average Bonchev–Trinajstić information content (AvgIpc) is 2.28. The van der Waals surface area contributed by atoms with Crippen LogP contribution < -0.4 is 4.74 Å². The van der Waals surface area contributed by atoms with Gasteiger partial charge in [0, 0.05) is 4.47 Å². The second-order valence-corrected chi connectivity index (χ2v) is 4.38. The molecule has 1 aromatic carbocycles. The van der Waals surface area contributed by atoms with Crippen LogP contribution in [0.1, 0.15) is 5.69 Å². The van der Waals surface area contributed by atoms with Gasteiger partial charge in [-0.15, -0.1) is 0 Å². The number of rotatable bonds is 3. The van der Waals surface area contributed by atoms with Crippen LogP contribution in [0.5, 0.6) is 5.75 Å². The molecule has 0 fully saturated rings. The maximum atomic E-state index is 5.63. The minimum atomic E-state index is 0.376. The molecule has 1 heterocycles. The molecule has 0 aliphatic rings. The maximum absolute atomic E-state index is 5.63. The van der Waals surface area contributed by atoms with E-state index in [4.69, 9.17) is 16.3 Å². The van der Waals surface area contributed by atoms with E-state index >= 15 is 0 Å². The van der Waals surface area contributed by atoms with Crippen molar-refractivity contribution in [1.29, 1.82) is 0 Å². The third-order valence-corrected chi connectivity index (χ3v) is 2.55. The van der Waals surface area contributed by atoms with Crippen LogP contribution in [0.15, 0.2) is 41.1 Å². The van der Waals surface area contributed by atoms with Crippen LogP contribution in [0.2, 0.25) is 5.15 Å². The fourth-order valence-corrected chi connectivity index (χ4v) is 1.60. The van der Waals surface area contributed by atoms with E-state index < -0.39 is 0 Å². The maximum Gasteiger partial charge on any atom is 0.147 e. The molecule has 0 radical (unpaired) electrons. The lowest BCUT2D eigenvalue weighted by atomic mass is 10.3. The van der Waals surface area contributed by atoms with Crippen molar-refractivity contribution in [3.05, 3.63) is 52.0 Å². The van der Waals surface area contributed by atoms with Gasteiger partial charge in [0.15, 0.2) is 0 Å². The van der Waals surface area contributed by atoms with Crippen molar-refractivity contribution in [2.75, 3.05) is 0 Å². The predicted molar refractivity (Wildman–Crippen MR) is 65.5 cm³/mol. The molecule has 0 unspecified atom stereocenters. The first-order chi connectivity index (χ1) is 7.74. The highest BCUT2D eigenvalue weighted by Gasteiger charge is 1.98. The van der Waals surface area contributed by atoms with Gasteiger partial charge in [-0.1, -0.05) is 33.6 Å². The fourth-order valence-electron chi connectivity index (χ4n) is 1.13. The number of hydrogen-bond acceptors (Lipinski definition) is 3. The Morgan fingerprint density at radius 1 is 1.25 bits per heavy atom. The topological polar surface area (TPSA) is 35.0 Å². The highest BCUT2D eigenvalue weighted by Crippen LogP contribution is 2.18. The van der Waals surface area contributed by atoms with E-state index in [0.29, 0.717) is 11.8 Å². The van der Waals surface area contributed by atoms with Crippen molar-refractivity contribution >= 4 is 27.5 Å². The molecule has 2 rings (SSSR count). The highest BCUT2D eigenvalue weighted by atomic mass is 79.9. The summed E-state index contributed by atoms with van der Waals surface area (Å²) in [5.74, 6) is 0.783. The van der Waals surface area contributed by atoms with E-state index in [2.05, 4.69) is 25.9 Å². The molecule has 0 aliphatic carbocycles. The number of halogens is 2. The van der Waals surface area contributed by atoms with Crippen molar-refractivity contribution in [3.63, 3.8) is 0 Å². The molecule has 0 spiro atoms. The molecule has 0 saturated heterocycles. The molecule has 82 valence electrons. The quantitative estimate of drug-likeness (QED) is 0.870. The smallest absolute Gasteiger partial charge is 0.147 e. The summed E-state index contributed by atoms with van der Waals surface area (Å²) in [6, 6.07) is 7.62. The zero-order chi connectivity index (χ0) is 11.4. The average molecular weight is 300 g/mol. The third-order valence-electron chi connectivity index (χ3n) is 1.86. The molecule has 2 aromatic rings. The summed E-state index contributed by atoms with van der Waals surface area (Å²) in [5, 5.41) is 0.381. The minimum Gasteiger partial charge on any atom is -0.487 e. The van der Waals surface area contributed by atoms with Gasteiger partial charge in [-0.3, -0.25) is 4.98 Å². The minimum absolute atomic E-state index is 0.376. The molecule has 3 nitrogen and oxygen atoms in total. The van der Waals surface area contributed by atoms with Gasteiger partial charge in [0.2, 0.25) is 0 Å². The summed E-state index contributed by atoms with van der Waals surface area (Å²) in [6.45, 7) is 0.376. The molecule has 0 bridgehead atoms. The lowest BCUT2D eigenvalue weighted by Crippen LogP contribution is -1.98. The number of aromatic nitrogens is 2. The Bertz CT molecular complexity index is 476. The van der Waals surface area contributed by atoms with Crippen LogP contribution in [0.3, 0.4) is 0 Å². The number of nitrogens with zero attached hydrogens (tertiary/aromatic N) is 2. The molecule has 16 heavy (non-hydrogen) atoms. The van der Waals surface area contributed by atoms with Crippen molar-refractivity contribution in [2.24, 2.45) is 0 Å². The largest absolute Gasteiger partial charge is 0.487 e. The Morgan fingerprint density at radius 2 is 2.12 bits per heavy atom. The van der Waals surface area contributed by atoms with Crippen LogP contribution in [0.4, 0.5) is 0 Å². The fraction of sp³-hybridized carbons (Fsp3) is 0.0909. The highest BCUT2D eigenvalue weighted by molar-refractivity contribution is 9.10. The summed E-state index contributed by atoms with van der Waals surface area (Å²) in [4.78, 5) is 8.01. The third kappa shape index (κ3) is 3.18. The van der Waals surface area contributed by atoms with Crippen molar-refractivity contribution in [1.82, 2.24) is 9.97 Å². The van der Waals surface area contributed by atoms with E-state index in [1.54, 1.807) is 6.20 Å². The standard InChI is InChI=1S/C11H8BrClN2O/c12-8-2-1-3-10(4-8)16-7-9-5-15-11(13)6-14-9/h1-6H,7H2. The van der Waals surface area contributed by atoms with Gasteiger partial charge in [0.1, 0.15) is 17.5 Å². The van der Waals surface area contributed by atoms with Gasteiger partial charge in [-0.25, -0.2) is 4.98 Å². The second kappa shape index (κ2) is 5.27. The van der Waals surface area contributed by atoms with Gasteiger partial charge in [0.05, 0.1) is 18.1 Å². The molecule has 1 aromatic heterocycles. The van der Waals surface area contributed by atoms with Crippen LogP contribution in [0.25, 0.3) is 0 Å². The lowest BCUT2D eigenvalue weighted by Gasteiger charge is -2.05. The summed E-state index contributed by atoms with van der Waals surface area (Å²) in [5.41, 5.74) is 0.740. The van der Waals surface area contributed by atoms with Crippen LogP contribution in [-0.4, -0.2) is 9.97 Å². The van der Waals surface area contributed by atoms with Crippen LogP contribution in [-0.2, 0) is 6.61 Å². The molecular weight excluding hydrogens is 291 g/mol. The van der Waals surface area contributed by atoms with Crippen molar-refractivity contribution in [2.45, 2.75) is 6.61 Å². The number of ether oxygens (including phenoxy) is 1. The van der Waals surface area contributed by atoms with Crippen LogP contribution in [0, 0.1) is 0 Å². The Balaban J connectivity index is 1.99. The molecule has 0 amide bonds. The van der Waals surface area contributed by atoms with Gasteiger partial charge in [-0.05, 0) is 18.2 Å². The normalized spacial score (nSPS) is 10.1. The first kappa shape index (κ1) is 11.4. The van der Waals surface area contributed by atoms with Crippen molar-refractivity contribution < 1.29 is 4.74 Å². The lowest BCUT2D eigenvalue weighted by molar-refractivity contribution is 0.300. The Labute approximate surface area is 107 Å². The van der Waals surface area contributed by atoms with Gasteiger partial charge < -0.3 is 4.74 Å². The Kier molecular flexibility index (Phi) is 3.74. The van der Waals surface area contributed by atoms with E-state index in [-0.39, 0.29) is 0 Å². The van der Waals surface area contributed by atoms with E-state index in [1.165, 1.54) is 6.20 Å². The Hall–Kier alpha value is -1.13. The zero-order valence-electron chi connectivity index (χ0n) is 8.23. The summed E-state index contributed by atoms with van der Waals surface area (Å²) in [7, 11) is 0. The molecule has 5 heteroatoms. The molecule has 0 N–H and O–H groups in total. The van der Waals surface area contributed by atoms with E-state index in [0.717, 1.165) is 15.9 Å². The molecular formula is C11H8BrClN2O. The second-order valence-electron chi connectivity index (χ2n) is 3.08. The van der Waals surface area contributed by atoms with E-state index in [9.17, 15) is 0 Å². The first-order valence-corrected chi connectivity index (χ1v) is 5.76. The zero-order valence-corrected chi connectivity index (χ0v) is 10.6.